The topological polar surface area (TPSA) is 52.6 Å². The van der Waals surface area contributed by atoms with E-state index in [9.17, 15) is 9.90 Å². The van der Waals surface area contributed by atoms with Gasteiger partial charge < -0.3 is 15.3 Å². The molecule has 0 bridgehead atoms. The molecule has 0 spiro atoms. The Kier molecular flexibility index (Phi) is 5.92. The van der Waals surface area contributed by atoms with Crippen LogP contribution in [0.1, 0.15) is 40.0 Å². The van der Waals surface area contributed by atoms with Crippen LogP contribution in [0.15, 0.2) is 0 Å². The number of rotatable bonds is 5. The van der Waals surface area contributed by atoms with Crippen LogP contribution in [0.25, 0.3) is 0 Å². The van der Waals surface area contributed by atoms with Crippen molar-refractivity contribution >= 4 is 5.91 Å². The van der Waals surface area contributed by atoms with Crippen LogP contribution in [0.2, 0.25) is 0 Å². The van der Waals surface area contributed by atoms with Gasteiger partial charge in [-0.25, -0.2) is 0 Å². The Balaban J connectivity index is 2.21. The van der Waals surface area contributed by atoms with Crippen LogP contribution >= 0.6 is 0 Å². The molecule has 0 aromatic rings. The van der Waals surface area contributed by atoms with Crippen LogP contribution in [-0.2, 0) is 4.79 Å². The van der Waals surface area contributed by atoms with E-state index < -0.39 is 0 Å². The lowest BCUT2D eigenvalue weighted by molar-refractivity contribution is -0.133. The molecule has 1 rings (SSSR count). The maximum Gasteiger partial charge on any atom is 0.223 e. The lowest BCUT2D eigenvalue weighted by Gasteiger charge is -2.33. The first-order chi connectivity index (χ1) is 8.00. The van der Waals surface area contributed by atoms with Gasteiger partial charge in [-0.3, -0.25) is 4.79 Å². The summed E-state index contributed by atoms with van der Waals surface area (Å²) >= 11 is 0. The highest BCUT2D eigenvalue weighted by Crippen LogP contribution is 2.20. The van der Waals surface area contributed by atoms with Crippen molar-refractivity contribution in [1.82, 2.24) is 10.2 Å². The molecule has 17 heavy (non-hydrogen) atoms. The standard InChI is InChI=1S/C13H26N2O2/c1-10(2)14-7-4-13(17)15-8-5-12(6-9-15)11(3)16/h10-12,14,16H,4-9H2,1-3H3. The Hall–Kier alpha value is -0.610. The van der Waals surface area contributed by atoms with Gasteiger partial charge in [-0.05, 0) is 25.7 Å². The van der Waals surface area contributed by atoms with E-state index >= 15 is 0 Å². The number of nitrogens with one attached hydrogen (secondary N) is 1. The third kappa shape index (κ3) is 5.04. The number of aliphatic hydroxyl groups excluding tert-OH is 1. The average molecular weight is 242 g/mol. The van der Waals surface area contributed by atoms with Crippen molar-refractivity contribution in [3.8, 4) is 0 Å². The monoisotopic (exact) mass is 242 g/mol. The summed E-state index contributed by atoms with van der Waals surface area (Å²) in [6, 6.07) is 0.434. The molecule has 1 unspecified atom stereocenters. The minimum atomic E-state index is -0.241. The molecule has 0 saturated carbocycles. The zero-order chi connectivity index (χ0) is 12.8. The largest absolute Gasteiger partial charge is 0.393 e. The van der Waals surface area contributed by atoms with Gasteiger partial charge in [-0.2, -0.15) is 0 Å². The van der Waals surface area contributed by atoms with E-state index in [1.54, 1.807) is 0 Å². The van der Waals surface area contributed by atoms with E-state index in [0.717, 1.165) is 32.5 Å². The minimum absolute atomic E-state index is 0.238. The van der Waals surface area contributed by atoms with Crippen molar-refractivity contribution < 1.29 is 9.90 Å². The van der Waals surface area contributed by atoms with Gasteiger partial charge in [-0.15, -0.1) is 0 Å². The van der Waals surface area contributed by atoms with Gasteiger partial charge in [0.2, 0.25) is 5.91 Å². The maximum atomic E-state index is 11.9. The highest BCUT2D eigenvalue weighted by molar-refractivity contribution is 5.76. The number of hydrogen-bond donors (Lipinski definition) is 2. The highest BCUT2D eigenvalue weighted by Gasteiger charge is 2.24. The number of aliphatic hydroxyl groups is 1. The number of likely N-dealkylation sites (tertiary alicyclic amines) is 1. The molecule has 1 fully saturated rings. The molecule has 4 nitrogen and oxygen atoms in total. The molecule has 1 aliphatic heterocycles. The summed E-state index contributed by atoms with van der Waals surface area (Å²) in [5.41, 5.74) is 0. The van der Waals surface area contributed by atoms with E-state index in [4.69, 9.17) is 0 Å². The molecule has 1 atom stereocenters. The van der Waals surface area contributed by atoms with Crippen molar-refractivity contribution in [2.24, 2.45) is 5.92 Å². The fourth-order valence-electron chi connectivity index (χ4n) is 2.26. The Morgan fingerprint density at radius 3 is 2.41 bits per heavy atom. The molecule has 0 aliphatic carbocycles. The molecule has 1 saturated heterocycles. The second-order valence-corrected chi connectivity index (χ2v) is 5.32. The molecule has 1 aliphatic rings. The summed E-state index contributed by atoms with van der Waals surface area (Å²) in [5.74, 6) is 0.607. The summed E-state index contributed by atoms with van der Waals surface area (Å²) < 4.78 is 0. The Bertz CT molecular complexity index is 234. The molecule has 2 N–H and O–H groups in total. The lowest BCUT2D eigenvalue weighted by atomic mass is 9.92. The van der Waals surface area contributed by atoms with Crippen molar-refractivity contribution in [2.45, 2.75) is 52.2 Å². The third-order valence-corrected chi connectivity index (χ3v) is 3.47. The predicted octanol–water partition coefficient (Wildman–Crippen LogP) is 0.994. The second kappa shape index (κ2) is 6.97. The highest BCUT2D eigenvalue weighted by atomic mass is 16.3. The third-order valence-electron chi connectivity index (χ3n) is 3.47. The average Bonchev–Trinajstić information content (AvgIpc) is 2.28. The van der Waals surface area contributed by atoms with Crippen LogP contribution in [-0.4, -0.2) is 47.7 Å². The SMILES string of the molecule is CC(C)NCCC(=O)N1CCC(C(C)O)CC1. The molecule has 1 heterocycles. The number of carbonyl (C=O) groups excluding carboxylic acids is 1. The van der Waals surface area contributed by atoms with Crippen molar-refractivity contribution in [3.05, 3.63) is 0 Å². The van der Waals surface area contributed by atoms with Gasteiger partial charge in [0.05, 0.1) is 6.10 Å². The van der Waals surface area contributed by atoms with Crippen LogP contribution in [0.4, 0.5) is 0 Å². The molecule has 4 heteroatoms. The molecule has 1 amide bonds. The van der Waals surface area contributed by atoms with E-state index in [-0.39, 0.29) is 12.0 Å². The van der Waals surface area contributed by atoms with Gasteiger partial charge in [0.15, 0.2) is 0 Å². The van der Waals surface area contributed by atoms with Crippen LogP contribution in [0.5, 0.6) is 0 Å². The van der Waals surface area contributed by atoms with E-state index in [1.807, 2.05) is 11.8 Å². The van der Waals surface area contributed by atoms with Gasteiger partial charge in [0, 0.05) is 32.1 Å². The normalized spacial score (nSPS) is 19.7. The van der Waals surface area contributed by atoms with Gasteiger partial charge in [0.1, 0.15) is 0 Å². The fraction of sp³-hybridized carbons (Fsp3) is 0.923. The predicted molar refractivity (Wildman–Crippen MR) is 68.7 cm³/mol. The fourth-order valence-corrected chi connectivity index (χ4v) is 2.26. The number of carbonyl (C=O) groups is 1. The maximum absolute atomic E-state index is 11.9. The van der Waals surface area contributed by atoms with Gasteiger partial charge >= 0.3 is 0 Å². The molecular weight excluding hydrogens is 216 g/mol. The summed E-state index contributed by atoms with van der Waals surface area (Å²) in [7, 11) is 0. The molecule has 100 valence electrons. The van der Waals surface area contributed by atoms with Crippen molar-refractivity contribution in [1.29, 1.82) is 0 Å². The van der Waals surface area contributed by atoms with Crippen LogP contribution in [0.3, 0.4) is 0 Å². The van der Waals surface area contributed by atoms with E-state index in [2.05, 4.69) is 19.2 Å². The van der Waals surface area contributed by atoms with Gasteiger partial charge in [-0.1, -0.05) is 13.8 Å². The molecular formula is C13H26N2O2. The zero-order valence-electron chi connectivity index (χ0n) is 11.3. The number of nitrogens with zero attached hydrogens (tertiary/aromatic N) is 1. The Morgan fingerprint density at radius 2 is 1.94 bits per heavy atom. The zero-order valence-corrected chi connectivity index (χ0v) is 11.3. The van der Waals surface area contributed by atoms with Gasteiger partial charge in [0.25, 0.3) is 0 Å². The smallest absolute Gasteiger partial charge is 0.223 e. The van der Waals surface area contributed by atoms with Crippen molar-refractivity contribution in [2.75, 3.05) is 19.6 Å². The Labute approximate surface area is 104 Å². The first-order valence-corrected chi connectivity index (χ1v) is 6.70. The van der Waals surface area contributed by atoms with Crippen LogP contribution in [0, 0.1) is 5.92 Å². The molecule has 0 radical (unpaired) electrons. The quantitative estimate of drug-likeness (QED) is 0.756. The summed E-state index contributed by atoms with van der Waals surface area (Å²) in [6.45, 7) is 8.37. The van der Waals surface area contributed by atoms with Crippen LogP contribution < -0.4 is 5.32 Å². The van der Waals surface area contributed by atoms with E-state index in [0.29, 0.717) is 18.4 Å². The summed E-state index contributed by atoms with van der Waals surface area (Å²) in [6.07, 6.45) is 2.20. The lowest BCUT2D eigenvalue weighted by Crippen LogP contribution is -2.41. The first kappa shape index (κ1) is 14.5. The first-order valence-electron chi connectivity index (χ1n) is 6.70. The number of piperidine rings is 1. The molecule has 0 aromatic heterocycles. The Morgan fingerprint density at radius 1 is 1.35 bits per heavy atom. The summed E-state index contributed by atoms with van der Waals surface area (Å²) in [4.78, 5) is 13.8. The number of amides is 1. The van der Waals surface area contributed by atoms with Crippen molar-refractivity contribution in [3.63, 3.8) is 0 Å². The second-order valence-electron chi connectivity index (χ2n) is 5.32. The summed E-state index contributed by atoms with van der Waals surface area (Å²) in [5, 5.41) is 12.7. The van der Waals surface area contributed by atoms with E-state index in [1.165, 1.54) is 0 Å². The minimum Gasteiger partial charge on any atom is -0.393 e. The number of hydrogen-bond acceptors (Lipinski definition) is 3. The molecule has 0 aromatic carbocycles.